The standard InChI is InChI=1S/C24H30N2O10S2/c1-9(27)13-19(29)25-15(17(37-21(13)25)11-5-3-7-35-11)20(30)26-16(24(33)34)18(12-6-4-8-36-12)38-22(26)14(10(2)28)23(31)32/h9-14,21-22,27-28H,3-8H2,1-2H3,(H,31,32)(H,33,34)/t9-,10-,11-,12-,13+,14-,21-,22-/m1/s1. The number of aliphatic hydroxyl groups is 2. The topological polar surface area (TPSA) is 174 Å². The van der Waals surface area contributed by atoms with Crippen LogP contribution in [0.4, 0.5) is 0 Å². The molecule has 0 unspecified atom stereocenters. The molecule has 38 heavy (non-hydrogen) atoms. The molecule has 0 saturated carbocycles. The summed E-state index contributed by atoms with van der Waals surface area (Å²) in [5.74, 6) is -6.42. The van der Waals surface area contributed by atoms with Gasteiger partial charge in [-0.1, -0.05) is 23.5 Å². The summed E-state index contributed by atoms with van der Waals surface area (Å²) in [6, 6.07) is 0. The molecule has 0 aromatic carbocycles. The van der Waals surface area contributed by atoms with Gasteiger partial charge in [-0.2, -0.15) is 0 Å². The number of carbonyl (C=O) groups excluding carboxylic acids is 2. The van der Waals surface area contributed by atoms with Gasteiger partial charge >= 0.3 is 11.9 Å². The molecule has 0 bridgehead atoms. The average molecular weight is 571 g/mol. The van der Waals surface area contributed by atoms with Crippen LogP contribution in [0.25, 0.3) is 0 Å². The number of hydrogen-bond donors (Lipinski definition) is 4. The number of fused-ring (bicyclic) bond motifs is 1. The monoisotopic (exact) mass is 570 g/mol. The summed E-state index contributed by atoms with van der Waals surface area (Å²) in [4.78, 5) is 55.2. The Hall–Kier alpha value is -2.10. The van der Waals surface area contributed by atoms with Crippen molar-refractivity contribution in [2.75, 3.05) is 13.2 Å². The van der Waals surface area contributed by atoms with Gasteiger partial charge in [0.25, 0.3) is 5.91 Å². The van der Waals surface area contributed by atoms with Gasteiger partial charge in [0.15, 0.2) is 0 Å². The van der Waals surface area contributed by atoms with Crippen LogP contribution in [-0.2, 0) is 28.7 Å². The Morgan fingerprint density at radius 2 is 1.53 bits per heavy atom. The van der Waals surface area contributed by atoms with E-state index in [-0.39, 0.29) is 10.6 Å². The van der Waals surface area contributed by atoms with E-state index in [1.807, 2.05) is 0 Å². The molecule has 5 aliphatic heterocycles. The number of β-lactam (4-membered cyclic amide) rings is 1. The molecule has 14 heteroatoms. The number of rotatable bonds is 8. The molecule has 0 aromatic heterocycles. The van der Waals surface area contributed by atoms with Gasteiger partial charge in [0.2, 0.25) is 5.91 Å². The molecule has 3 saturated heterocycles. The van der Waals surface area contributed by atoms with E-state index in [0.29, 0.717) is 37.4 Å². The molecule has 0 aliphatic carbocycles. The highest BCUT2D eigenvalue weighted by atomic mass is 32.2. The van der Waals surface area contributed by atoms with Gasteiger partial charge in [-0.15, -0.1) is 0 Å². The van der Waals surface area contributed by atoms with Crippen LogP contribution < -0.4 is 0 Å². The fourth-order valence-corrected chi connectivity index (χ4v) is 9.05. The maximum Gasteiger partial charge on any atom is 0.353 e. The van der Waals surface area contributed by atoms with Gasteiger partial charge in [0, 0.05) is 23.0 Å². The van der Waals surface area contributed by atoms with Crippen LogP contribution in [0.5, 0.6) is 0 Å². The number of aliphatic hydroxyl groups excluding tert-OH is 2. The second-order valence-electron chi connectivity index (χ2n) is 10.0. The molecule has 5 aliphatic rings. The van der Waals surface area contributed by atoms with Crippen molar-refractivity contribution in [3.05, 3.63) is 21.2 Å². The first-order valence-electron chi connectivity index (χ1n) is 12.6. The first-order valence-corrected chi connectivity index (χ1v) is 14.3. The van der Waals surface area contributed by atoms with E-state index in [1.165, 1.54) is 30.5 Å². The van der Waals surface area contributed by atoms with E-state index in [0.717, 1.165) is 23.1 Å². The zero-order valence-corrected chi connectivity index (χ0v) is 22.4. The molecule has 5 rings (SSSR count). The van der Waals surface area contributed by atoms with Gasteiger partial charge in [0.1, 0.15) is 28.1 Å². The summed E-state index contributed by atoms with van der Waals surface area (Å²) in [7, 11) is 0. The van der Waals surface area contributed by atoms with Crippen LogP contribution in [-0.4, -0.2) is 102 Å². The van der Waals surface area contributed by atoms with Crippen molar-refractivity contribution in [2.45, 2.75) is 74.7 Å². The zero-order valence-electron chi connectivity index (χ0n) is 20.8. The van der Waals surface area contributed by atoms with Crippen molar-refractivity contribution in [3.63, 3.8) is 0 Å². The van der Waals surface area contributed by atoms with Gasteiger partial charge < -0.3 is 29.9 Å². The second-order valence-corrected chi connectivity index (χ2v) is 12.3. The molecule has 0 radical (unpaired) electrons. The molecular weight excluding hydrogens is 540 g/mol. The number of ether oxygens (including phenoxy) is 2. The maximum atomic E-state index is 14.4. The Kier molecular flexibility index (Phi) is 7.57. The minimum Gasteiger partial charge on any atom is -0.481 e. The molecular formula is C24H30N2O10S2. The fourth-order valence-electron chi connectivity index (χ4n) is 5.66. The minimum absolute atomic E-state index is 0.0542. The van der Waals surface area contributed by atoms with Crippen LogP contribution in [0.3, 0.4) is 0 Å². The summed E-state index contributed by atoms with van der Waals surface area (Å²) in [6.07, 6.45) is -0.971. The Bertz CT molecular complexity index is 1110. The third-order valence-corrected chi connectivity index (χ3v) is 10.4. The lowest BCUT2D eigenvalue weighted by atomic mass is 9.91. The van der Waals surface area contributed by atoms with Crippen molar-refractivity contribution < 1.29 is 49.1 Å². The Morgan fingerprint density at radius 3 is 1.97 bits per heavy atom. The highest BCUT2D eigenvalue weighted by molar-refractivity contribution is 8.04. The third kappa shape index (κ3) is 4.34. The summed E-state index contributed by atoms with van der Waals surface area (Å²) >= 11 is 2.14. The van der Waals surface area contributed by atoms with E-state index in [9.17, 15) is 39.6 Å². The van der Waals surface area contributed by atoms with Crippen LogP contribution in [0.15, 0.2) is 21.2 Å². The van der Waals surface area contributed by atoms with Crippen LogP contribution in [0, 0.1) is 11.8 Å². The Labute approximate surface area is 227 Å². The molecule has 12 nitrogen and oxygen atoms in total. The number of carboxylic acids is 2. The molecule has 5 heterocycles. The van der Waals surface area contributed by atoms with Crippen molar-refractivity contribution >= 4 is 47.3 Å². The van der Waals surface area contributed by atoms with Crippen LogP contribution >= 0.6 is 23.5 Å². The van der Waals surface area contributed by atoms with Crippen LogP contribution in [0.1, 0.15) is 39.5 Å². The number of aliphatic carboxylic acids is 2. The predicted molar refractivity (Wildman–Crippen MR) is 134 cm³/mol. The van der Waals surface area contributed by atoms with E-state index >= 15 is 0 Å². The highest BCUT2D eigenvalue weighted by Crippen LogP contribution is 2.55. The molecule has 8 atom stereocenters. The number of amides is 2. The normalized spacial score (nSPS) is 33.5. The number of nitrogens with zero attached hydrogens (tertiary/aromatic N) is 2. The van der Waals surface area contributed by atoms with Crippen molar-refractivity contribution in [1.29, 1.82) is 0 Å². The number of carbonyl (C=O) groups is 4. The van der Waals surface area contributed by atoms with E-state index < -0.39 is 76.4 Å². The van der Waals surface area contributed by atoms with E-state index in [4.69, 9.17) is 9.47 Å². The third-order valence-electron chi connectivity index (χ3n) is 7.48. The number of carboxylic acid groups (broad SMARTS) is 2. The summed E-state index contributed by atoms with van der Waals surface area (Å²) in [5.41, 5.74) is -0.460. The lowest BCUT2D eigenvalue weighted by Crippen LogP contribution is -2.62. The number of hydrogen-bond acceptors (Lipinski definition) is 10. The predicted octanol–water partition coefficient (Wildman–Crippen LogP) is 0.747. The van der Waals surface area contributed by atoms with Gasteiger partial charge in [-0.3, -0.25) is 24.2 Å². The van der Waals surface area contributed by atoms with E-state index in [1.54, 1.807) is 0 Å². The van der Waals surface area contributed by atoms with Crippen LogP contribution in [0.2, 0.25) is 0 Å². The number of thioether (sulfide) groups is 2. The Morgan fingerprint density at radius 1 is 0.947 bits per heavy atom. The van der Waals surface area contributed by atoms with Gasteiger partial charge in [-0.05, 0) is 39.5 Å². The van der Waals surface area contributed by atoms with Crippen molar-refractivity contribution in [1.82, 2.24) is 9.80 Å². The molecule has 2 amide bonds. The van der Waals surface area contributed by atoms with E-state index in [2.05, 4.69) is 0 Å². The van der Waals surface area contributed by atoms with Crippen molar-refractivity contribution in [3.8, 4) is 0 Å². The SMILES string of the molecule is C[C@@H](O)[C@@H](C(=O)O)[C@H]1SC([C@H]2CCCO2)=C(C(=O)O)N1C(=O)C1=C([C@H]2CCCO2)S[C@@H]2[C@@H]([C@@H](C)O)C(=O)N12. The Balaban J connectivity index is 1.62. The first-order chi connectivity index (χ1) is 18.0. The minimum atomic E-state index is -1.52. The summed E-state index contributed by atoms with van der Waals surface area (Å²) in [5, 5.41) is 39.0. The lowest BCUT2D eigenvalue weighted by molar-refractivity contribution is -0.156. The second kappa shape index (κ2) is 10.5. The largest absolute Gasteiger partial charge is 0.481 e. The molecule has 3 fully saturated rings. The summed E-state index contributed by atoms with van der Waals surface area (Å²) in [6.45, 7) is 3.63. The molecule has 0 aromatic rings. The smallest absolute Gasteiger partial charge is 0.353 e. The van der Waals surface area contributed by atoms with Gasteiger partial charge in [-0.25, -0.2) is 4.79 Å². The fraction of sp³-hybridized carbons (Fsp3) is 0.667. The quantitative estimate of drug-likeness (QED) is 0.302. The maximum absolute atomic E-state index is 14.4. The molecule has 208 valence electrons. The molecule has 0 spiro atoms. The van der Waals surface area contributed by atoms with Gasteiger partial charge in [0.05, 0.1) is 30.3 Å². The van der Waals surface area contributed by atoms with Crippen molar-refractivity contribution in [2.24, 2.45) is 11.8 Å². The average Bonchev–Trinajstić information content (AvgIpc) is 3.62. The lowest BCUT2D eigenvalue weighted by Gasteiger charge is -2.44. The molecule has 4 N–H and O–H groups in total. The summed E-state index contributed by atoms with van der Waals surface area (Å²) < 4.78 is 11.5. The first kappa shape index (κ1) is 27.5. The zero-order chi connectivity index (χ0) is 27.5. The highest BCUT2D eigenvalue weighted by Gasteiger charge is 2.61.